The van der Waals surface area contributed by atoms with Crippen molar-refractivity contribution in [2.24, 2.45) is 0 Å². The minimum Gasteiger partial charge on any atom is -0.478 e. The Kier molecular flexibility index (Phi) is 3.07. The number of benzene rings is 1. The van der Waals surface area contributed by atoms with E-state index in [4.69, 9.17) is 5.11 Å². The van der Waals surface area contributed by atoms with Gasteiger partial charge < -0.3 is 5.11 Å². The second-order valence-corrected chi connectivity index (χ2v) is 3.60. The monoisotopic (exact) mass is 190 g/mol. The lowest BCUT2D eigenvalue weighted by Gasteiger charge is -2.02. The topological polar surface area (TPSA) is 37.3 Å². The summed E-state index contributed by atoms with van der Waals surface area (Å²) in [6.45, 7) is 5.95. The van der Waals surface area contributed by atoms with Gasteiger partial charge in [-0.05, 0) is 44.0 Å². The van der Waals surface area contributed by atoms with E-state index in [1.807, 2.05) is 32.9 Å². The number of rotatable bonds is 2. The van der Waals surface area contributed by atoms with Crippen LogP contribution in [0.25, 0.3) is 6.08 Å². The van der Waals surface area contributed by atoms with Crippen LogP contribution in [0.1, 0.15) is 35.3 Å². The zero-order valence-corrected chi connectivity index (χ0v) is 8.66. The molecule has 0 fully saturated rings. The fraction of sp³-hybridized carbons (Fsp3) is 0.250. The van der Waals surface area contributed by atoms with E-state index in [0.717, 1.165) is 11.1 Å². The third kappa shape index (κ3) is 2.46. The van der Waals surface area contributed by atoms with Crippen molar-refractivity contribution in [2.75, 3.05) is 0 Å². The molecule has 2 nitrogen and oxygen atoms in total. The van der Waals surface area contributed by atoms with Crippen LogP contribution in [-0.4, -0.2) is 11.1 Å². The van der Waals surface area contributed by atoms with Crippen LogP contribution in [0.5, 0.6) is 0 Å². The van der Waals surface area contributed by atoms with Crippen LogP contribution in [0.3, 0.4) is 0 Å². The van der Waals surface area contributed by atoms with Crippen molar-refractivity contribution in [3.63, 3.8) is 0 Å². The summed E-state index contributed by atoms with van der Waals surface area (Å²) < 4.78 is 0. The van der Waals surface area contributed by atoms with Gasteiger partial charge in [-0.3, -0.25) is 0 Å². The number of carboxylic acids is 1. The maximum Gasteiger partial charge on any atom is 0.335 e. The molecule has 74 valence electrons. The third-order valence-electron chi connectivity index (χ3n) is 1.96. The van der Waals surface area contributed by atoms with E-state index in [1.165, 1.54) is 5.57 Å². The van der Waals surface area contributed by atoms with Gasteiger partial charge in [-0.25, -0.2) is 4.79 Å². The molecule has 0 aliphatic heterocycles. The van der Waals surface area contributed by atoms with Crippen molar-refractivity contribution >= 4 is 12.0 Å². The standard InChI is InChI=1S/C12H14O2/c1-8(2)6-10-4-5-11(12(13)14)7-9(10)3/h4-7H,1-3H3,(H,13,14). The van der Waals surface area contributed by atoms with Gasteiger partial charge in [0.1, 0.15) is 0 Å². The number of hydrogen-bond acceptors (Lipinski definition) is 1. The van der Waals surface area contributed by atoms with E-state index in [-0.39, 0.29) is 0 Å². The molecule has 0 saturated heterocycles. The van der Waals surface area contributed by atoms with Crippen molar-refractivity contribution in [1.29, 1.82) is 0 Å². The van der Waals surface area contributed by atoms with Crippen LogP contribution < -0.4 is 0 Å². The zero-order chi connectivity index (χ0) is 10.7. The Morgan fingerprint density at radius 1 is 1.36 bits per heavy atom. The molecule has 0 aliphatic rings. The lowest BCUT2D eigenvalue weighted by Crippen LogP contribution is -1.97. The Bertz CT molecular complexity index is 385. The average Bonchev–Trinajstić information content (AvgIpc) is 2.07. The summed E-state index contributed by atoms with van der Waals surface area (Å²) >= 11 is 0. The highest BCUT2D eigenvalue weighted by atomic mass is 16.4. The first-order valence-electron chi connectivity index (χ1n) is 4.49. The smallest absolute Gasteiger partial charge is 0.335 e. The summed E-state index contributed by atoms with van der Waals surface area (Å²) in [6, 6.07) is 5.16. The van der Waals surface area contributed by atoms with Gasteiger partial charge in [0.05, 0.1) is 5.56 Å². The quantitative estimate of drug-likeness (QED) is 0.778. The number of aryl methyl sites for hydroxylation is 1. The van der Waals surface area contributed by atoms with E-state index < -0.39 is 5.97 Å². The van der Waals surface area contributed by atoms with E-state index >= 15 is 0 Å². The van der Waals surface area contributed by atoms with Crippen molar-refractivity contribution in [3.8, 4) is 0 Å². The Morgan fingerprint density at radius 2 is 2.00 bits per heavy atom. The van der Waals surface area contributed by atoms with Crippen molar-refractivity contribution in [3.05, 3.63) is 40.5 Å². The van der Waals surface area contributed by atoms with E-state index in [2.05, 4.69) is 0 Å². The second-order valence-electron chi connectivity index (χ2n) is 3.60. The molecule has 1 aromatic carbocycles. The van der Waals surface area contributed by atoms with Crippen LogP contribution in [-0.2, 0) is 0 Å². The van der Waals surface area contributed by atoms with Gasteiger partial charge in [0.15, 0.2) is 0 Å². The Labute approximate surface area is 83.9 Å². The van der Waals surface area contributed by atoms with Crippen LogP contribution in [0.2, 0.25) is 0 Å². The van der Waals surface area contributed by atoms with E-state index in [1.54, 1.807) is 12.1 Å². The first-order valence-corrected chi connectivity index (χ1v) is 4.49. The molecule has 1 N–H and O–H groups in total. The van der Waals surface area contributed by atoms with Crippen molar-refractivity contribution in [2.45, 2.75) is 20.8 Å². The third-order valence-corrected chi connectivity index (χ3v) is 1.96. The lowest BCUT2D eigenvalue weighted by atomic mass is 10.0. The molecule has 1 rings (SSSR count). The van der Waals surface area contributed by atoms with Crippen molar-refractivity contribution < 1.29 is 9.90 Å². The van der Waals surface area contributed by atoms with Crippen LogP contribution >= 0.6 is 0 Å². The average molecular weight is 190 g/mol. The van der Waals surface area contributed by atoms with Gasteiger partial charge in [-0.15, -0.1) is 0 Å². The summed E-state index contributed by atoms with van der Waals surface area (Å²) in [5, 5.41) is 8.77. The predicted molar refractivity (Wildman–Crippen MR) is 57.5 cm³/mol. The van der Waals surface area contributed by atoms with Gasteiger partial charge in [0.2, 0.25) is 0 Å². The second kappa shape index (κ2) is 4.09. The molecule has 0 aliphatic carbocycles. The highest BCUT2D eigenvalue weighted by Gasteiger charge is 2.03. The number of hydrogen-bond donors (Lipinski definition) is 1. The summed E-state index contributed by atoms with van der Waals surface area (Å²) in [7, 11) is 0. The summed E-state index contributed by atoms with van der Waals surface area (Å²) in [6.07, 6.45) is 2.04. The number of allylic oxidation sites excluding steroid dienone is 1. The Balaban J connectivity index is 3.14. The van der Waals surface area contributed by atoms with Crippen LogP contribution in [0.4, 0.5) is 0 Å². The Morgan fingerprint density at radius 3 is 2.43 bits per heavy atom. The molecule has 0 radical (unpaired) electrons. The zero-order valence-electron chi connectivity index (χ0n) is 8.66. The molecule has 0 atom stereocenters. The summed E-state index contributed by atoms with van der Waals surface area (Å²) in [5.41, 5.74) is 3.62. The van der Waals surface area contributed by atoms with E-state index in [0.29, 0.717) is 5.56 Å². The minimum absolute atomic E-state index is 0.341. The molecule has 0 aromatic heterocycles. The Hall–Kier alpha value is -1.57. The van der Waals surface area contributed by atoms with E-state index in [9.17, 15) is 4.79 Å². The molecule has 0 spiro atoms. The van der Waals surface area contributed by atoms with Gasteiger partial charge >= 0.3 is 5.97 Å². The molecular weight excluding hydrogens is 176 g/mol. The molecule has 0 bridgehead atoms. The molecule has 1 aromatic rings. The molecule has 0 saturated carbocycles. The number of carbonyl (C=O) groups is 1. The largest absolute Gasteiger partial charge is 0.478 e. The maximum atomic E-state index is 10.7. The molecule has 0 amide bonds. The molecule has 0 unspecified atom stereocenters. The van der Waals surface area contributed by atoms with Gasteiger partial charge in [0, 0.05) is 0 Å². The first-order chi connectivity index (χ1) is 6.50. The highest BCUT2D eigenvalue weighted by molar-refractivity contribution is 5.88. The molecule has 0 heterocycles. The van der Waals surface area contributed by atoms with Crippen molar-refractivity contribution in [1.82, 2.24) is 0 Å². The van der Waals surface area contributed by atoms with Gasteiger partial charge in [-0.2, -0.15) is 0 Å². The summed E-state index contributed by atoms with van der Waals surface area (Å²) in [4.78, 5) is 10.7. The lowest BCUT2D eigenvalue weighted by molar-refractivity contribution is 0.0697. The fourth-order valence-corrected chi connectivity index (χ4v) is 1.28. The SMILES string of the molecule is CC(C)=Cc1ccc(C(=O)O)cc1C. The van der Waals surface area contributed by atoms with Crippen LogP contribution in [0.15, 0.2) is 23.8 Å². The summed E-state index contributed by atoms with van der Waals surface area (Å²) in [5.74, 6) is -0.878. The molecular formula is C12H14O2. The minimum atomic E-state index is -0.878. The van der Waals surface area contributed by atoms with Gasteiger partial charge in [-0.1, -0.05) is 17.7 Å². The molecule has 2 heteroatoms. The fourth-order valence-electron chi connectivity index (χ4n) is 1.28. The van der Waals surface area contributed by atoms with Crippen LogP contribution in [0, 0.1) is 6.92 Å². The normalized spacial score (nSPS) is 9.64. The first kappa shape index (κ1) is 10.5. The number of aromatic carboxylic acids is 1. The predicted octanol–water partition coefficient (Wildman–Crippen LogP) is 3.12. The number of carboxylic acid groups (broad SMARTS) is 1. The highest BCUT2D eigenvalue weighted by Crippen LogP contribution is 2.14. The molecule has 14 heavy (non-hydrogen) atoms. The maximum absolute atomic E-state index is 10.7. The van der Waals surface area contributed by atoms with Gasteiger partial charge in [0.25, 0.3) is 0 Å².